The van der Waals surface area contributed by atoms with E-state index in [4.69, 9.17) is 4.74 Å². The van der Waals surface area contributed by atoms with Crippen LogP contribution < -0.4 is 10.1 Å². The number of amides is 1. The lowest BCUT2D eigenvalue weighted by molar-refractivity contribution is 0.0952. The zero-order valence-electron chi connectivity index (χ0n) is 15.5. The molecule has 7 heteroatoms. The predicted molar refractivity (Wildman–Crippen MR) is 101 cm³/mol. The average molecular weight is 353 g/mol. The van der Waals surface area contributed by atoms with E-state index in [2.05, 4.69) is 15.3 Å². The number of fused-ring (bicyclic) bond motifs is 1. The minimum absolute atomic E-state index is 0.120. The van der Waals surface area contributed by atoms with Gasteiger partial charge in [0.25, 0.3) is 5.91 Å². The average Bonchev–Trinajstić information content (AvgIpc) is 3.01. The molecular weight excluding hydrogens is 330 g/mol. The lowest BCUT2D eigenvalue weighted by Crippen LogP contribution is -2.31. The van der Waals surface area contributed by atoms with Crippen molar-refractivity contribution in [1.82, 2.24) is 24.8 Å². The molecule has 0 spiro atoms. The van der Waals surface area contributed by atoms with Gasteiger partial charge in [0.1, 0.15) is 0 Å². The van der Waals surface area contributed by atoms with Gasteiger partial charge < -0.3 is 19.5 Å². The summed E-state index contributed by atoms with van der Waals surface area (Å²) in [6.07, 6.45) is 3.39. The van der Waals surface area contributed by atoms with Gasteiger partial charge in [-0.15, -0.1) is 0 Å². The number of pyridine rings is 1. The fourth-order valence-corrected chi connectivity index (χ4v) is 2.88. The van der Waals surface area contributed by atoms with E-state index in [0.29, 0.717) is 18.0 Å². The number of carbonyl (C=O) groups excluding carboxylic acids is 1. The van der Waals surface area contributed by atoms with E-state index >= 15 is 0 Å². The Labute approximate surface area is 152 Å². The molecule has 0 radical (unpaired) electrons. The zero-order valence-corrected chi connectivity index (χ0v) is 15.5. The second kappa shape index (κ2) is 7.53. The number of methoxy groups -OCH3 is 1. The van der Waals surface area contributed by atoms with Crippen LogP contribution in [0.4, 0.5) is 0 Å². The summed E-state index contributed by atoms with van der Waals surface area (Å²) in [5.41, 5.74) is 3.82. The van der Waals surface area contributed by atoms with E-state index in [0.717, 1.165) is 28.7 Å². The first-order valence-electron chi connectivity index (χ1n) is 8.38. The van der Waals surface area contributed by atoms with Crippen molar-refractivity contribution in [2.75, 3.05) is 34.3 Å². The maximum atomic E-state index is 12.8. The summed E-state index contributed by atoms with van der Waals surface area (Å²) in [6.45, 7) is 1.35. The standard InChI is InChI=1S/C19H23N5O2/c1-23(2)9-8-20-18(25)15-10-13(11-16-17(15)24(3)12-22-16)14-6-5-7-21-19(14)26-4/h5-7,10-12H,8-9H2,1-4H3,(H,20,25). The molecule has 0 aliphatic rings. The van der Waals surface area contributed by atoms with Crippen LogP contribution in [0.15, 0.2) is 36.8 Å². The van der Waals surface area contributed by atoms with Crippen molar-refractivity contribution in [3.05, 3.63) is 42.4 Å². The van der Waals surface area contributed by atoms with Crippen molar-refractivity contribution >= 4 is 16.9 Å². The number of benzene rings is 1. The second-order valence-corrected chi connectivity index (χ2v) is 6.37. The first kappa shape index (κ1) is 17.9. The Kier molecular flexibility index (Phi) is 5.18. The minimum Gasteiger partial charge on any atom is -0.481 e. The van der Waals surface area contributed by atoms with Gasteiger partial charge in [-0.3, -0.25) is 4.79 Å². The molecular formula is C19H23N5O2. The molecule has 1 aromatic carbocycles. The highest BCUT2D eigenvalue weighted by molar-refractivity contribution is 6.07. The Hall–Kier alpha value is -2.93. The predicted octanol–water partition coefficient (Wildman–Crippen LogP) is 1.94. The SMILES string of the molecule is COc1ncccc1-c1cc(C(=O)NCCN(C)C)c2c(c1)ncn2C. The van der Waals surface area contributed by atoms with Crippen molar-refractivity contribution in [3.63, 3.8) is 0 Å². The number of likely N-dealkylation sites (N-methyl/N-ethyl adjacent to an activating group) is 1. The Morgan fingerprint density at radius 1 is 1.31 bits per heavy atom. The smallest absolute Gasteiger partial charge is 0.253 e. The molecule has 0 saturated heterocycles. The lowest BCUT2D eigenvalue weighted by atomic mass is 10.0. The molecule has 1 amide bonds. The number of carbonyl (C=O) groups is 1. The summed E-state index contributed by atoms with van der Waals surface area (Å²) < 4.78 is 7.23. The Balaban J connectivity index is 2.06. The normalized spacial score (nSPS) is 11.1. The topological polar surface area (TPSA) is 72.3 Å². The number of nitrogens with zero attached hydrogens (tertiary/aromatic N) is 4. The van der Waals surface area contributed by atoms with Crippen LogP contribution in [0.5, 0.6) is 5.88 Å². The molecule has 0 unspecified atom stereocenters. The zero-order chi connectivity index (χ0) is 18.7. The molecule has 0 saturated carbocycles. The summed E-state index contributed by atoms with van der Waals surface area (Å²) >= 11 is 0. The second-order valence-electron chi connectivity index (χ2n) is 6.37. The highest BCUT2D eigenvalue weighted by atomic mass is 16.5. The van der Waals surface area contributed by atoms with E-state index < -0.39 is 0 Å². The number of aryl methyl sites for hydroxylation is 1. The molecule has 0 atom stereocenters. The third-order valence-corrected chi connectivity index (χ3v) is 4.18. The third kappa shape index (κ3) is 3.52. The van der Waals surface area contributed by atoms with Crippen LogP contribution in [-0.2, 0) is 7.05 Å². The quantitative estimate of drug-likeness (QED) is 0.733. The van der Waals surface area contributed by atoms with E-state index in [1.807, 2.05) is 54.9 Å². The molecule has 0 aliphatic carbocycles. The number of hydrogen-bond acceptors (Lipinski definition) is 5. The molecule has 0 fully saturated rings. The molecule has 0 bridgehead atoms. The summed E-state index contributed by atoms with van der Waals surface area (Å²) in [5, 5.41) is 2.98. The molecule has 3 aromatic rings. The molecule has 136 valence electrons. The van der Waals surface area contributed by atoms with Gasteiger partial charge in [-0.2, -0.15) is 0 Å². The summed E-state index contributed by atoms with van der Waals surface area (Å²) in [7, 11) is 7.41. The van der Waals surface area contributed by atoms with Gasteiger partial charge in [0.15, 0.2) is 0 Å². The lowest BCUT2D eigenvalue weighted by Gasteiger charge is -2.13. The minimum atomic E-state index is -0.120. The van der Waals surface area contributed by atoms with Crippen molar-refractivity contribution in [1.29, 1.82) is 0 Å². The van der Waals surface area contributed by atoms with Crippen LogP contribution in [0.1, 0.15) is 10.4 Å². The van der Waals surface area contributed by atoms with Crippen molar-refractivity contribution in [3.8, 4) is 17.0 Å². The van der Waals surface area contributed by atoms with Crippen LogP contribution in [0.25, 0.3) is 22.2 Å². The first-order chi connectivity index (χ1) is 12.5. The fraction of sp³-hybridized carbons (Fsp3) is 0.316. The van der Waals surface area contributed by atoms with Gasteiger partial charge in [0, 0.05) is 31.9 Å². The van der Waals surface area contributed by atoms with Crippen molar-refractivity contribution in [2.24, 2.45) is 7.05 Å². The number of hydrogen-bond donors (Lipinski definition) is 1. The van der Waals surface area contributed by atoms with Crippen molar-refractivity contribution in [2.45, 2.75) is 0 Å². The van der Waals surface area contributed by atoms with Crippen LogP contribution in [0.3, 0.4) is 0 Å². The van der Waals surface area contributed by atoms with E-state index in [9.17, 15) is 4.79 Å². The molecule has 3 rings (SSSR count). The highest BCUT2D eigenvalue weighted by Gasteiger charge is 2.17. The van der Waals surface area contributed by atoms with Gasteiger partial charge >= 0.3 is 0 Å². The van der Waals surface area contributed by atoms with Crippen LogP contribution in [0.2, 0.25) is 0 Å². The van der Waals surface area contributed by atoms with E-state index in [1.165, 1.54) is 0 Å². The van der Waals surface area contributed by atoms with E-state index in [-0.39, 0.29) is 5.91 Å². The number of ether oxygens (including phenoxy) is 1. The number of imidazole rings is 1. The summed E-state index contributed by atoms with van der Waals surface area (Å²) in [5.74, 6) is 0.395. The molecule has 2 heterocycles. The van der Waals surface area contributed by atoms with Crippen LogP contribution in [0, 0.1) is 0 Å². The largest absolute Gasteiger partial charge is 0.481 e. The molecule has 26 heavy (non-hydrogen) atoms. The van der Waals surface area contributed by atoms with Crippen LogP contribution in [-0.4, -0.2) is 59.6 Å². The number of rotatable bonds is 6. The first-order valence-corrected chi connectivity index (χ1v) is 8.38. The Morgan fingerprint density at radius 2 is 2.12 bits per heavy atom. The highest BCUT2D eigenvalue weighted by Crippen LogP contribution is 2.31. The summed E-state index contributed by atoms with van der Waals surface area (Å²) in [4.78, 5) is 23.5. The van der Waals surface area contributed by atoms with Gasteiger partial charge in [-0.1, -0.05) is 0 Å². The maximum absolute atomic E-state index is 12.8. The fourth-order valence-electron chi connectivity index (χ4n) is 2.88. The summed E-state index contributed by atoms with van der Waals surface area (Å²) in [6, 6.07) is 7.58. The van der Waals surface area contributed by atoms with Gasteiger partial charge in [-0.05, 0) is 43.9 Å². The number of nitrogens with one attached hydrogen (secondary N) is 1. The Bertz CT molecular complexity index is 933. The molecule has 0 aliphatic heterocycles. The molecule has 2 aromatic heterocycles. The Morgan fingerprint density at radius 3 is 2.85 bits per heavy atom. The van der Waals surface area contributed by atoms with Gasteiger partial charge in [-0.25, -0.2) is 9.97 Å². The molecule has 7 nitrogen and oxygen atoms in total. The third-order valence-electron chi connectivity index (χ3n) is 4.18. The van der Waals surface area contributed by atoms with Crippen LogP contribution >= 0.6 is 0 Å². The van der Waals surface area contributed by atoms with E-state index in [1.54, 1.807) is 19.6 Å². The van der Waals surface area contributed by atoms with Gasteiger partial charge in [0.2, 0.25) is 5.88 Å². The maximum Gasteiger partial charge on any atom is 0.253 e. The van der Waals surface area contributed by atoms with Gasteiger partial charge in [0.05, 0.1) is 30.0 Å². The number of aromatic nitrogens is 3. The van der Waals surface area contributed by atoms with Crippen molar-refractivity contribution < 1.29 is 9.53 Å². The molecule has 1 N–H and O–H groups in total. The monoisotopic (exact) mass is 353 g/mol.